The van der Waals surface area contributed by atoms with Crippen molar-refractivity contribution in [1.29, 1.82) is 0 Å². The van der Waals surface area contributed by atoms with Crippen LogP contribution in [0.5, 0.6) is 5.88 Å². The molecule has 152 valence electrons. The molecule has 8 nitrogen and oxygen atoms in total. The van der Waals surface area contributed by atoms with Gasteiger partial charge in [0.25, 0.3) is 0 Å². The quantitative estimate of drug-likeness (QED) is 0.704. The summed E-state index contributed by atoms with van der Waals surface area (Å²) in [5, 5.41) is 16.7. The van der Waals surface area contributed by atoms with Crippen LogP contribution in [-0.2, 0) is 0 Å². The molecule has 3 aromatic rings. The largest absolute Gasteiger partial charge is 0.479 e. The van der Waals surface area contributed by atoms with Crippen LogP contribution in [0.25, 0.3) is 17.1 Å². The third-order valence-electron chi connectivity index (χ3n) is 6.45. The van der Waals surface area contributed by atoms with Gasteiger partial charge in [-0.1, -0.05) is 0 Å². The molecule has 0 spiro atoms. The Bertz CT molecular complexity index is 1090. The molecule has 3 aliphatic heterocycles. The topological polar surface area (TPSA) is 81.0 Å². The van der Waals surface area contributed by atoms with Gasteiger partial charge in [-0.2, -0.15) is 5.10 Å². The molecule has 0 aromatic carbocycles. The minimum Gasteiger partial charge on any atom is -0.479 e. The fourth-order valence-corrected chi connectivity index (χ4v) is 5.00. The van der Waals surface area contributed by atoms with Crippen LogP contribution in [0.1, 0.15) is 25.7 Å². The molecule has 3 aliphatic rings. The molecule has 3 aromatic heterocycles. The van der Waals surface area contributed by atoms with Gasteiger partial charge in [-0.3, -0.25) is 0 Å². The number of methoxy groups -OCH3 is 1. The van der Waals surface area contributed by atoms with Gasteiger partial charge in [-0.25, -0.2) is 9.67 Å². The van der Waals surface area contributed by atoms with Crippen molar-refractivity contribution in [3.8, 4) is 23.0 Å². The van der Waals surface area contributed by atoms with E-state index in [1.54, 1.807) is 18.0 Å². The smallest absolute Gasteiger partial charge is 0.240 e. The molecule has 3 atom stereocenters. The lowest BCUT2D eigenvalue weighted by atomic mass is 9.92. The average molecular weight is 401 g/mol. The van der Waals surface area contributed by atoms with E-state index in [-0.39, 0.29) is 0 Å². The van der Waals surface area contributed by atoms with Gasteiger partial charge in [0.15, 0.2) is 0 Å². The standard InChI is InChI=1S/C22H23N7O/c1-30-22-20(29-10-2-9-23-29)7-5-17(25-22)18-6-8-21(27-26-18)24-19-12-16-4-3-15-11-14(19)13-28(15)16/h2,5-10,13,15-16,19H,3-4,11-12H2,1H3,(H,24,27)/t15-,16+,19?/m1/s1. The summed E-state index contributed by atoms with van der Waals surface area (Å²) in [6.07, 6.45) is 10.9. The van der Waals surface area contributed by atoms with Gasteiger partial charge in [0.2, 0.25) is 5.88 Å². The lowest BCUT2D eigenvalue weighted by Gasteiger charge is -2.31. The van der Waals surface area contributed by atoms with Gasteiger partial charge in [0.05, 0.1) is 18.8 Å². The number of nitrogens with zero attached hydrogens (tertiary/aromatic N) is 6. The molecule has 1 saturated heterocycles. The van der Waals surface area contributed by atoms with Crippen molar-refractivity contribution in [2.45, 2.75) is 43.8 Å². The zero-order valence-corrected chi connectivity index (χ0v) is 16.8. The second-order valence-electron chi connectivity index (χ2n) is 8.15. The number of pyridine rings is 1. The third-order valence-corrected chi connectivity index (χ3v) is 6.45. The summed E-state index contributed by atoms with van der Waals surface area (Å²) in [6, 6.07) is 11.4. The fourth-order valence-electron chi connectivity index (χ4n) is 5.00. The van der Waals surface area contributed by atoms with Crippen LogP contribution >= 0.6 is 0 Å². The third kappa shape index (κ3) is 2.82. The van der Waals surface area contributed by atoms with Crippen LogP contribution in [0, 0.1) is 0 Å². The van der Waals surface area contributed by atoms with E-state index in [2.05, 4.69) is 36.7 Å². The molecule has 0 aliphatic carbocycles. The Morgan fingerprint density at radius 3 is 2.77 bits per heavy atom. The molecule has 0 amide bonds. The highest BCUT2D eigenvalue weighted by Crippen LogP contribution is 2.43. The van der Waals surface area contributed by atoms with E-state index in [1.165, 1.54) is 24.8 Å². The minimum atomic E-state index is 0.364. The van der Waals surface area contributed by atoms with Crippen LogP contribution in [0.3, 0.4) is 0 Å². The number of nitrogens with one attached hydrogen (secondary N) is 1. The SMILES string of the molecule is COc1nc(-c2ccc(NC3C[C@@H]4CC[C@@H]5CC3=CN54)nn2)ccc1-n1cccn1. The van der Waals surface area contributed by atoms with Crippen LogP contribution in [-0.4, -0.2) is 55.1 Å². The highest BCUT2D eigenvalue weighted by molar-refractivity contribution is 5.59. The molecule has 30 heavy (non-hydrogen) atoms. The summed E-state index contributed by atoms with van der Waals surface area (Å²) < 4.78 is 7.19. The highest BCUT2D eigenvalue weighted by atomic mass is 16.5. The number of aromatic nitrogens is 5. The number of ether oxygens (including phenoxy) is 1. The zero-order chi connectivity index (χ0) is 20.1. The first-order valence-electron chi connectivity index (χ1n) is 10.4. The van der Waals surface area contributed by atoms with E-state index in [1.807, 2.05) is 36.5 Å². The van der Waals surface area contributed by atoms with Crippen molar-refractivity contribution in [3.05, 3.63) is 54.5 Å². The highest BCUT2D eigenvalue weighted by Gasteiger charge is 2.43. The molecule has 1 N–H and O–H groups in total. The lowest BCUT2D eigenvalue weighted by molar-refractivity contribution is 0.284. The van der Waals surface area contributed by atoms with Gasteiger partial charge < -0.3 is 15.0 Å². The molecular formula is C22H23N7O. The number of anilines is 1. The maximum atomic E-state index is 5.47. The first kappa shape index (κ1) is 17.4. The normalized spacial score (nSPS) is 24.1. The van der Waals surface area contributed by atoms with Gasteiger partial charge in [0.1, 0.15) is 17.2 Å². The van der Waals surface area contributed by atoms with Crippen molar-refractivity contribution in [1.82, 2.24) is 29.9 Å². The van der Waals surface area contributed by atoms with E-state index >= 15 is 0 Å². The van der Waals surface area contributed by atoms with Crippen LogP contribution in [0.15, 0.2) is 54.5 Å². The van der Waals surface area contributed by atoms with E-state index in [0.717, 1.165) is 24.0 Å². The number of hydrogen-bond acceptors (Lipinski definition) is 7. The van der Waals surface area contributed by atoms with E-state index in [9.17, 15) is 0 Å². The number of rotatable bonds is 5. The van der Waals surface area contributed by atoms with E-state index in [4.69, 9.17) is 4.74 Å². The number of hydrogen-bond donors (Lipinski definition) is 1. The molecule has 2 bridgehead atoms. The second kappa shape index (κ2) is 6.83. The summed E-state index contributed by atoms with van der Waals surface area (Å²) >= 11 is 0. The second-order valence-corrected chi connectivity index (χ2v) is 8.15. The average Bonchev–Trinajstić information content (AvgIpc) is 3.50. The Morgan fingerprint density at radius 1 is 1.07 bits per heavy atom. The lowest BCUT2D eigenvalue weighted by Crippen LogP contribution is -2.35. The molecular weight excluding hydrogens is 378 g/mol. The monoisotopic (exact) mass is 401 g/mol. The minimum absolute atomic E-state index is 0.364. The van der Waals surface area contributed by atoms with Gasteiger partial charge in [-0.15, -0.1) is 10.2 Å². The summed E-state index contributed by atoms with van der Waals surface area (Å²) in [5.74, 6) is 1.30. The summed E-state index contributed by atoms with van der Waals surface area (Å²) in [4.78, 5) is 7.18. The van der Waals surface area contributed by atoms with Crippen LogP contribution < -0.4 is 10.1 Å². The Labute approximate surface area is 174 Å². The molecule has 1 unspecified atom stereocenters. The predicted octanol–water partition coefficient (Wildman–Crippen LogP) is 3.04. The molecule has 1 fully saturated rings. The Balaban J connectivity index is 1.21. The Morgan fingerprint density at radius 2 is 1.97 bits per heavy atom. The first-order chi connectivity index (χ1) is 14.8. The van der Waals surface area contributed by atoms with Crippen molar-refractivity contribution < 1.29 is 4.74 Å². The van der Waals surface area contributed by atoms with E-state index < -0.39 is 0 Å². The maximum Gasteiger partial charge on any atom is 0.240 e. The Kier molecular flexibility index (Phi) is 3.97. The fraction of sp³-hybridized carbons (Fsp3) is 0.364. The van der Waals surface area contributed by atoms with Crippen molar-refractivity contribution in [2.75, 3.05) is 12.4 Å². The summed E-state index contributed by atoms with van der Waals surface area (Å²) in [6.45, 7) is 0. The maximum absolute atomic E-state index is 5.47. The predicted molar refractivity (Wildman–Crippen MR) is 112 cm³/mol. The van der Waals surface area contributed by atoms with Crippen molar-refractivity contribution in [3.63, 3.8) is 0 Å². The van der Waals surface area contributed by atoms with Crippen LogP contribution in [0.4, 0.5) is 5.82 Å². The molecule has 8 heteroatoms. The van der Waals surface area contributed by atoms with Gasteiger partial charge in [-0.05, 0) is 61.6 Å². The van der Waals surface area contributed by atoms with E-state index in [0.29, 0.717) is 29.4 Å². The Hall–Kier alpha value is -3.42. The van der Waals surface area contributed by atoms with Gasteiger partial charge >= 0.3 is 0 Å². The molecule has 0 radical (unpaired) electrons. The molecule has 6 heterocycles. The molecule has 0 saturated carbocycles. The van der Waals surface area contributed by atoms with Gasteiger partial charge in [0, 0.05) is 30.7 Å². The first-order valence-corrected chi connectivity index (χ1v) is 10.4. The van der Waals surface area contributed by atoms with Crippen molar-refractivity contribution >= 4 is 5.82 Å². The summed E-state index contributed by atoms with van der Waals surface area (Å²) in [5.41, 5.74) is 3.70. The molecule has 6 rings (SSSR count). The van der Waals surface area contributed by atoms with Crippen LogP contribution in [0.2, 0.25) is 0 Å². The van der Waals surface area contributed by atoms with Crippen molar-refractivity contribution in [2.24, 2.45) is 0 Å². The zero-order valence-electron chi connectivity index (χ0n) is 16.8. The summed E-state index contributed by atoms with van der Waals surface area (Å²) in [7, 11) is 1.60.